The van der Waals surface area contributed by atoms with Crippen LogP contribution in [-0.2, 0) is 16.0 Å². The fourth-order valence-corrected chi connectivity index (χ4v) is 3.20. The van der Waals surface area contributed by atoms with Crippen LogP contribution in [0.25, 0.3) is 0 Å². The Bertz CT molecular complexity index is 452. The topological polar surface area (TPSA) is 75.6 Å². The van der Waals surface area contributed by atoms with Crippen molar-refractivity contribution in [1.82, 2.24) is 5.32 Å². The molecule has 2 atom stereocenters. The van der Waals surface area contributed by atoms with Crippen molar-refractivity contribution in [2.75, 3.05) is 12.9 Å². The minimum Gasteiger partial charge on any atom is -0.467 e. The van der Waals surface area contributed by atoms with E-state index in [4.69, 9.17) is 5.11 Å². The monoisotopic (exact) mass is 311 g/mol. The number of hydrogen-bond donors (Lipinski definition) is 2. The highest BCUT2D eigenvalue weighted by Crippen LogP contribution is 2.21. The Kier molecular flexibility index (Phi) is 7.68. The molecule has 2 N–H and O–H groups in total. The van der Waals surface area contributed by atoms with E-state index in [1.54, 1.807) is 11.8 Å². The maximum Gasteiger partial charge on any atom is 0.405 e. The average Bonchev–Trinajstić information content (AvgIpc) is 2.46. The molecule has 0 bridgehead atoms. The molecular weight excluding hydrogens is 290 g/mol. The van der Waals surface area contributed by atoms with Gasteiger partial charge in [0.1, 0.15) is 6.04 Å². The Morgan fingerprint density at radius 1 is 1.33 bits per heavy atom. The van der Waals surface area contributed by atoms with E-state index in [-0.39, 0.29) is 5.25 Å². The van der Waals surface area contributed by atoms with Crippen LogP contribution < -0.4 is 5.32 Å². The van der Waals surface area contributed by atoms with Crippen molar-refractivity contribution in [3.8, 4) is 0 Å². The van der Waals surface area contributed by atoms with Crippen LogP contribution in [0.1, 0.15) is 18.9 Å². The minimum atomic E-state index is -1.22. The smallest absolute Gasteiger partial charge is 0.405 e. The number of amides is 1. The molecule has 0 heterocycles. The van der Waals surface area contributed by atoms with E-state index in [2.05, 4.69) is 10.1 Å². The van der Waals surface area contributed by atoms with E-state index in [0.717, 1.165) is 12.2 Å². The lowest BCUT2D eigenvalue weighted by molar-refractivity contribution is -0.143. The predicted octanol–water partition coefficient (Wildman–Crippen LogP) is 2.55. The summed E-state index contributed by atoms with van der Waals surface area (Å²) >= 11 is 1.71. The molecule has 0 spiro atoms. The molecule has 0 aliphatic rings. The number of hydrogen-bond acceptors (Lipinski definition) is 4. The second-order valence-corrected chi connectivity index (χ2v) is 6.11. The molecule has 1 aromatic rings. The van der Waals surface area contributed by atoms with Crippen LogP contribution >= 0.6 is 11.8 Å². The summed E-state index contributed by atoms with van der Waals surface area (Å²) in [7, 11) is 1.26. The molecule has 5 nitrogen and oxygen atoms in total. The Morgan fingerprint density at radius 2 is 2.00 bits per heavy atom. The number of carboxylic acid groups (broad SMARTS) is 1. The standard InChI is InChI=1S/C15H21NO4S/c1-3-21-12(9-11-7-5-4-6-8-11)10-13(14(17)20-2)16-15(18)19/h4-8,12-13,16H,3,9-10H2,1-2H3,(H,18,19). The molecule has 1 amide bonds. The Labute approximate surface area is 129 Å². The van der Waals surface area contributed by atoms with Crippen molar-refractivity contribution in [3.05, 3.63) is 35.9 Å². The van der Waals surface area contributed by atoms with Crippen molar-refractivity contribution in [3.63, 3.8) is 0 Å². The highest BCUT2D eigenvalue weighted by atomic mass is 32.2. The fourth-order valence-electron chi connectivity index (χ4n) is 2.09. The summed E-state index contributed by atoms with van der Waals surface area (Å²) in [4.78, 5) is 22.5. The van der Waals surface area contributed by atoms with Crippen molar-refractivity contribution < 1.29 is 19.4 Å². The van der Waals surface area contributed by atoms with Gasteiger partial charge in [-0.15, -0.1) is 0 Å². The number of carbonyl (C=O) groups is 2. The second kappa shape index (κ2) is 9.28. The van der Waals surface area contributed by atoms with Gasteiger partial charge in [-0.3, -0.25) is 0 Å². The van der Waals surface area contributed by atoms with Gasteiger partial charge in [-0.2, -0.15) is 11.8 Å². The van der Waals surface area contributed by atoms with Crippen molar-refractivity contribution in [2.24, 2.45) is 0 Å². The maximum absolute atomic E-state index is 11.7. The molecule has 0 radical (unpaired) electrons. The number of rotatable bonds is 8. The first-order chi connectivity index (χ1) is 10.1. The summed E-state index contributed by atoms with van der Waals surface area (Å²) in [6.07, 6.45) is -0.0223. The molecule has 1 rings (SSSR count). The molecule has 0 aromatic heterocycles. The summed E-state index contributed by atoms with van der Waals surface area (Å²) in [6.45, 7) is 2.04. The van der Waals surface area contributed by atoms with Crippen LogP contribution in [0.3, 0.4) is 0 Å². The number of nitrogens with one attached hydrogen (secondary N) is 1. The molecule has 0 saturated carbocycles. The molecule has 0 saturated heterocycles. The van der Waals surface area contributed by atoms with Crippen LogP contribution in [-0.4, -0.2) is 41.3 Å². The Balaban J connectivity index is 2.73. The fraction of sp³-hybridized carbons (Fsp3) is 0.467. The van der Waals surface area contributed by atoms with Crippen LogP contribution in [0.2, 0.25) is 0 Å². The largest absolute Gasteiger partial charge is 0.467 e. The highest BCUT2D eigenvalue weighted by Gasteiger charge is 2.25. The molecule has 2 unspecified atom stereocenters. The van der Waals surface area contributed by atoms with Gasteiger partial charge < -0.3 is 15.2 Å². The average molecular weight is 311 g/mol. The molecule has 1 aromatic carbocycles. The van der Waals surface area contributed by atoms with Crippen molar-refractivity contribution in [1.29, 1.82) is 0 Å². The zero-order valence-corrected chi connectivity index (χ0v) is 13.1. The third-order valence-electron chi connectivity index (χ3n) is 2.99. The SMILES string of the molecule is CCSC(Cc1ccccc1)CC(NC(=O)O)C(=O)OC. The van der Waals surface area contributed by atoms with Gasteiger partial charge >= 0.3 is 12.1 Å². The number of ether oxygens (including phenoxy) is 1. The molecular formula is C15H21NO4S. The van der Waals surface area contributed by atoms with E-state index in [0.29, 0.717) is 6.42 Å². The molecule has 6 heteroatoms. The molecule has 116 valence electrons. The van der Waals surface area contributed by atoms with Gasteiger partial charge in [0.25, 0.3) is 0 Å². The Hall–Kier alpha value is -1.69. The third kappa shape index (κ3) is 6.53. The third-order valence-corrected chi connectivity index (χ3v) is 4.15. The van der Waals surface area contributed by atoms with Gasteiger partial charge in [-0.1, -0.05) is 37.3 Å². The Morgan fingerprint density at radius 3 is 2.52 bits per heavy atom. The van der Waals surface area contributed by atoms with E-state index in [1.807, 2.05) is 37.3 Å². The first-order valence-electron chi connectivity index (χ1n) is 6.79. The van der Waals surface area contributed by atoms with Gasteiger partial charge in [0.05, 0.1) is 7.11 Å². The van der Waals surface area contributed by atoms with E-state index < -0.39 is 18.1 Å². The molecule has 0 fully saturated rings. The first-order valence-corrected chi connectivity index (χ1v) is 7.84. The number of thioether (sulfide) groups is 1. The lowest BCUT2D eigenvalue weighted by Gasteiger charge is -2.21. The molecule has 0 aliphatic carbocycles. The van der Waals surface area contributed by atoms with E-state index >= 15 is 0 Å². The van der Waals surface area contributed by atoms with Crippen LogP contribution in [0, 0.1) is 0 Å². The molecule has 21 heavy (non-hydrogen) atoms. The van der Waals surface area contributed by atoms with Gasteiger partial charge in [0, 0.05) is 5.25 Å². The maximum atomic E-state index is 11.7. The number of carbonyl (C=O) groups excluding carboxylic acids is 1. The van der Waals surface area contributed by atoms with E-state index in [1.165, 1.54) is 12.7 Å². The van der Waals surface area contributed by atoms with Gasteiger partial charge in [0.15, 0.2) is 0 Å². The van der Waals surface area contributed by atoms with Crippen LogP contribution in [0.4, 0.5) is 4.79 Å². The lowest BCUT2D eigenvalue weighted by Crippen LogP contribution is -2.42. The first kappa shape index (κ1) is 17.4. The van der Waals surface area contributed by atoms with Crippen LogP contribution in [0.15, 0.2) is 30.3 Å². The number of benzene rings is 1. The summed E-state index contributed by atoms with van der Waals surface area (Å²) in [5.41, 5.74) is 1.17. The quantitative estimate of drug-likeness (QED) is 0.722. The lowest BCUT2D eigenvalue weighted by atomic mass is 10.0. The van der Waals surface area contributed by atoms with Gasteiger partial charge in [-0.25, -0.2) is 9.59 Å². The predicted molar refractivity (Wildman–Crippen MR) is 83.6 cm³/mol. The number of esters is 1. The zero-order valence-electron chi connectivity index (χ0n) is 12.2. The summed E-state index contributed by atoms with van der Waals surface area (Å²) in [5, 5.41) is 11.2. The van der Waals surface area contributed by atoms with Crippen molar-refractivity contribution >= 4 is 23.8 Å². The molecule has 0 aliphatic heterocycles. The van der Waals surface area contributed by atoms with Crippen molar-refractivity contribution in [2.45, 2.75) is 31.1 Å². The minimum absolute atomic E-state index is 0.147. The van der Waals surface area contributed by atoms with Gasteiger partial charge in [0.2, 0.25) is 0 Å². The second-order valence-electron chi connectivity index (χ2n) is 4.53. The van der Waals surface area contributed by atoms with E-state index in [9.17, 15) is 9.59 Å². The normalized spacial score (nSPS) is 13.2. The van der Waals surface area contributed by atoms with Crippen LogP contribution in [0.5, 0.6) is 0 Å². The summed E-state index contributed by atoms with van der Waals surface area (Å²) in [6, 6.07) is 9.11. The summed E-state index contributed by atoms with van der Waals surface area (Å²) in [5.74, 6) is 0.352. The number of methoxy groups -OCH3 is 1. The highest BCUT2D eigenvalue weighted by molar-refractivity contribution is 7.99. The summed E-state index contributed by atoms with van der Waals surface area (Å²) < 4.78 is 4.67. The zero-order chi connectivity index (χ0) is 15.7. The van der Waals surface area contributed by atoms with Gasteiger partial charge in [-0.05, 0) is 24.2 Å².